The molecule has 8 nitrogen and oxygen atoms in total. The van der Waals surface area contributed by atoms with Crippen LogP contribution in [0, 0.1) is 0 Å². The van der Waals surface area contributed by atoms with Crippen LogP contribution in [0.1, 0.15) is 66.8 Å². The molecule has 3 amide bonds. The summed E-state index contributed by atoms with van der Waals surface area (Å²) in [5, 5.41) is 2.70. The molecule has 2 aromatic carbocycles. The van der Waals surface area contributed by atoms with Gasteiger partial charge in [-0.25, -0.2) is 0 Å². The zero-order valence-corrected chi connectivity index (χ0v) is 19.9. The second-order valence-corrected chi connectivity index (χ2v) is 8.55. The van der Waals surface area contributed by atoms with Crippen molar-refractivity contribution in [2.24, 2.45) is 0 Å². The largest absolute Gasteiger partial charge is 0.493 e. The summed E-state index contributed by atoms with van der Waals surface area (Å²) >= 11 is 0. The van der Waals surface area contributed by atoms with Gasteiger partial charge in [0.05, 0.1) is 13.7 Å². The average Bonchev–Trinajstić information content (AvgIpc) is 2.80. The highest BCUT2D eigenvalue weighted by Gasteiger charge is 2.15. The Hall–Kier alpha value is -3.55. The van der Waals surface area contributed by atoms with Crippen LogP contribution in [0.2, 0.25) is 0 Å². The van der Waals surface area contributed by atoms with E-state index in [2.05, 4.69) is 36.9 Å². The molecule has 33 heavy (non-hydrogen) atoms. The van der Waals surface area contributed by atoms with Crippen LogP contribution in [0.5, 0.6) is 11.5 Å². The molecule has 0 atom stereocenters. The molecule has 3 N–H and O–H groups in total. The molecule has 8 heteroatoms. The van der Waals surface area contributed by atoms with Crippen LogP contribution in [0.15, 0.2) is 42.5 Å². The van der Waals surface area contributed by atoms with Gasteiger partial charge in [0.2, 0.25) is 5.91 Å². The van der Waals surface area contributed by atoms with Gasteiger partial charge in [0.25, 0.3) is 11.8 Å². The first-order valence-corrected chi connectivity index (χ1v) is 10.9. The van der Waals surface area contributed by atoms with E-state index in [0.29, 0.717) is 29.2 Å². The normalized spacial score (nSPS) is 10.8. The molecular formula is C25H33N3O5. The fraction of sp³-hybridized carbons (Fsp3) is 0.400. The third-order valence-corrected chi connectivity index (χ3v) is 4.85. The van der Waals surface area contributed by atoms with Crippen LogP contribution in [0.3, 0.4) is 0 Å². The lowest BCUT2D eigenvalue weighted by molar-refractivity contribution is -0.121. The molecule has 178 valence electrons. The van der Waals surface area contributed by atoms with Crippen molar-refractivity contribution in [2.45, 2.75) is 46.0 Å². The summed E-state index contributed by atoms with van der Waals surface area (Å²) in [6, 6.07) is 12.2. The molecule has 0 saturated carbocycles. The minimum atomic E-state index is -0.494. The predicted octanol–water partition coefficient (Wildman–Crippen LogP) is 3.36. The van der Waals surface area contributed by atoms with Crippen molar-refractivity contribution < 1.29 is 23.9 Å². The summed E-state index contributed by atoms with van der Waals surface area (Å²) in [5.41, 5.74) is 6.67. The molecule has 0 aliphatic rings. The maximum Gasteiger partial charge on any atom is 0.269 e. The van der Waals surface area contributed by atoms with E-state index in [1.54, 1.807) is 24.3 Å². The van der Waals surface area contributed by atoms with Gasteiger partial charge < -0.3 is 14.8 Å². The summed E-state index contributed by atoms with van der Waals surface area (Å²) in [4.78, 5) is 36.6. The van der Waals surface area contributed by atoms with Crippen LogP contribution in [-0.4, -0.2) is 38.0 Å². The number of carbonyl (C=O) groups is 3. The molecule has 0 unspecified atom stereocenters. The van der Waals surface area contributed by atoms with E-state index < -0.39 is 11.8 Å². The Balaban J connectivity index is 1.78. The van der Waals surface area contributed by atoms with Gasteiger partial charge in [0, 0.05) is 24.1 Å². The number of nitrogens with one attached hydrogen (secondary N) is 3. The molecule has 0 fully saturated rings. The van der Waals surface area contributed by atoms with E-state index in [1.165, 1.54) is 13.2 Å². The number of hydrazine groups is 1. The zero-order chi connectivity index (χ0) is 24.4. The Kier molecular flexibility index (Phi) is 9.27. The quantitative estimate of drug-likeness (QED) is 0.503. The Bertz CT molecular complexity index is 965. The van der Waals surface area contributed by atoms with Crippen molar-refractivity contribution in [2.75, 3.05) is 20.3 Å². The van der Waals surface area contributed by atoms with Crippen molar-refractivity contribution in [3.05, 3.63) is 59.2 Å². The van der Waals surface area contributed by atoms with Gasteiger partial charge in [-0.05, 0) is 47.7 Å². The first kappa shape index (κ1) is 25.7. The minimum Gasteiger partial charge on any atom is -0.493 e. The topological polar surface area (TPSA) is 106 Å². The maximum atomic E-state index is 12.3. The van der Waals surface area contributed by atoms with Crippen LogP contribution in [-0.2, 0) is 10.2 Å². The highest BCUT2D eigenvalue weighted by molar-refractivity contribution is 5.96. The van der Waals surface area contributed by atoms with E-state index in [4.69, 9.17) is 9.47 Å². The first-order chi connectivity index (χ1) is 15.7. The summed E-state index contributed by atoms with van der Waals surface area (Å²) < 4.78 is 10.8. The molecule has 0 aliphatic heterocycles. The van der Waals surface area contributed by atoms with Crippen molar-refractivity contribution in [1.82, 2.24) is 16.2 Å². The van der Waals surface area contributed by atoms with Crippen molar-refractivity contribution in [3.8, 4) is 11.5 Å². The number of amides is 3. The van der Waals surface area contributed by atoms with Crippen molar-refractivity contribution in [1.29, 1.82) is 0 Å². The minimum absolute atomic E-state index is 0.00747. The molecule has 0 aromatic heterocycles. The molecule has 0 aliphatic carbocycles. The first-order valence-electron chi connectivity index (χ1n) is 10.9. The highest BCUT2D eigenvalue weighted by Crippen LogP contribution is 2.28. The second-order valence-electron chi connectivity index (χ2n) is 8.55. The number of methoxy groups -OCH3 is 1. The number of hydrogen-bond donors (Lipinski definition) is 3. The van der Waals surface area contributed by atoms with Crippen LogP contribution >= 0.6 is 0 Å². The summed E-state index contributed by atoms with van der Waals surface area (Å²) in [7, 11) is 1.49. The standard InChI is InChI=1S/C25H33N3O5/c1-6-15-33-20-12-9-18(16-21(20)32-5)24(31)28-27-22(29)13-14-26-23(30)17-7-10-19(11-8-17)25(2,3)4/h7-12,16H,6,13-15H2,1-5H3,(H,26,30)(H,27,29)(H,28,31). The van der Waals surface area contributed by atoms with E-state index >= 15 is 0 Å². The fourth-order valence-electron chi connectivity index (χ4n) is 2.91. The van der Waals surface area contributed by atoms with Crippen LogP contribution in [0.25, 0.3) is 0 Å². The molecule has 0 bridgehead atoms. The van der Waals surface area contributed by atoms with Gasteiger partial charge in [0.1, 0.15) is 0 Å². The Morgan fingerprint density at radius 2 is 1.55 bits per heavy atom. The van der Waals surface area contributed by atoms with Crippen molar-refractivity contribution in [3.63, 3.8) is 0 Å². The third-order valence-electron chi connectivity index (χ3n) is 4.85. The van der Waals surface area contributed by atoms with Crippen molar-refractivity contribution >= 4 is 17.7 Å². The zero-order valence-electron chi connectivity index (χ0n) is 19.9. The van der Waals surface area contributed by atoms with E-state index in [0.717, 1.165) is 12.0 Å². The number of hydrogen-bond acceptors (Lipinski definition) is 5. The molecule has 0 radical (unpaired) electrons. The van der Waals surface area contributed by atoms with Gasteiger partial charge in [-0.1, -0.05) is 39.8 Å². The molecule has 0 heterocycles. The molecule has 2 aromatic rings. The average molecular weight is 456 g/mol. The smallest absolute Gasteiger partial charge is 0.269 e. The van der Waals surface area contributed by atoms with Gasteiger partial charge >= 0.3 is 0 Å². The van der Waals surface area contributed by atoms with E-state index in [-0.39, 0.29) is 24.3 Å². The summed E-state index contributed by atoms with van der Waals surface area (Å²) in [5.74, 6) is -0.206. The third kappa shape index (κ3) is 7.82. The van der Waals surface area contributed by atoms with Crippen LogP contribution in [0.4, 0.5) is 0 Å². The molecule has 0 spiro atoms. The molecule has 0 saturated heterocycles. The van der Waals surface area contributed by atoms with Gasteiger partial charge in [-0.2, -0.15) is 0 Å². The van der Waals surface area contributed by atoms with E-state index in [9.17, 15) is 14.4 Å². The van der Waals surface area contributed by atoms with E-state index in [1.807, 2.05) is 19.1 Å². The lowest BCUT2D eigenvalue weighted by Gasteiger charge is -2.19. The maximum absolute atomic E-state index is 12.3. The number of rotatable bonds is 9. The van der Waals surface area contributed by atoms with Gasteiger partial charge in [-0.15, -0.1) is 0 Å². The highest BCUT2D eigenvalue weighted by atomic mass is 16.5. The lowest BCUT2D eigenvalue weighted by Crippen LogP contribution is -2.42. The Morgan fingerprint density at radius 3 is 2.15 bits per heavy atom. The van der Waals surface area contributed by atoms with Gasteiger partial charge in [0.15, 0.2) is 11.5 Å². The second kappa shape index (κ2) is 11.9. The van der Waals surface area contributed by atoms with Gasteiger partial charge in [-0.3, -0.25) is 25.2 Å². The molecular weight excluding hydrogens is 422 g/mol. The number of carbonyl (C=O) groups excluding carboxylic acids is 3. The SMILES string of the molecule is CCCOc1ccc(C(=O)NNC(=O)CCNC(=O)c2ccc(C(C)(C)C)cc2)cc1OC. The summed E-state index contributed by atoms with van der Waals surface area (Å²) in [6.07, 6.45) is 0.862. The molecule has 2 rings (SSSR count). The van der Waals surface area contributed by atoms with Crippen LogP contribution < -0.4 is 25.6 Å². The Morgan fingerprint density at radius 1 is 0.879 bits per heavy atom. The lowest BCUT2D eigenvalue weighted by atomic mass is 9.87. The monoisotopic (exact) mass is 455 g/mol. The predicted molar refractivity (Wildman–Crippen MR) is 126 cm³/mol. The number of benzene rings is 2. The fourth-order valence-corrected chi connectivity index (χ4v) is 2.91. The summed E-state index contributed by atoms with van der Waals surface area (Å²) in [6.45, 7) is 8.98. The number of ether oxygens (including phenoxy) is 2. The Labute approximate surface area is 195 Å².